The van der Waals surface area contributed by atoms with Crippen LogP contribution in [0.15, 0.2) is 24.3 Å². The molecule has 1 heterocycles. The molecule has 0 unspecified atom stereocenters. The Labute approximate surface area is 112 Å². The van der Waals surface area contributed by atoms with Crippen molar-refractivity contribution in [3.05, 3.63) is 45.4 Å². The minimum Gasteiger partial charge on any atom is -0.486 e. The zero-order valence-corrected chi connectivity index (χ0v) is 11.8. The van der Waals surface area contributed by atoms with Gasteiger partial charge in [0.2, 0.25) is 0 Å². The Hall–Kier alpha value is -1.39. The van der Waals surface area contributed by atoms with Crippen LogP contribution in [0.4, 0.5) is 0 Å². The fourth-order valence-electron chi connectivity index (χ4n) is 1.72. The molecule has 0 spiro atoms. The maximum absolute atomic E-state index is 5.85. The summed E-state index contributed by atoms with van der Waals surface area (Å²) in [5, 5.41) is 4.17. The maximum atomic E-state index is 5.85. The molecule has 0 aliphatic carbocycles. The molecule has 0 aliphatic rings. The zero-order chi connectivity index (χ0) is 13.0. The van der Waals surface area contributed by atoms with E-state index >= 15 is 0 Å². The molecule has 96 valence electrons. The molecule has 0 amide bonds. The first kappa shape index (κ1) is 13.1. The van der Waals surface area contributed by atoms with Crippen molar-refractivity contribution < 1.29 is 4.74 Å². The van der Waals surface area contributed by atoms with Gasteiger partial charge in [-0.05, 0) is 27.0 Å². The number of ether oxygens (including phenoxy) is 1. The van der Waals surface area contributed by atoms with Crippen LogP contribution < -0.4 is 10.1 Å². The number of nitrogens with zero attached hydrogens (tertiary/aromatic N) is 1. The van der Waals surface area contributed by atoms with Crippen molar-refractivity contribution in [3.8, 4) is 5.75 Å². The van der Waals surface area contributed by atoms with Gasteiger partial charge in [-0.15, -0.1) is 11.3 Å². The number of aryl methyl sites for hydroxylation is 2. The van der Waals surface area contributed by atoms with Gasteiger partial charge in [-0.1, -0.05) is 18.2 Å². The molecule has 0 fully saturated rings. The molecule has 1 aromatic heterocycles. The number of aromatic nitrogens is 1. The van der Waals surface area contributed by atoms with Gasteiger partial charge in [0.15, 0.2) is 0 Å². The van der Waals surface area contributed by atoms with Crippen molar-refractivity contribution in [1.29, 1.82) is 0 Å². The molecule has 3 nitrogen and oxygen atoms in total. The second-order valence-corrected chi connectivity index (χ2v) is 5.46. The monoisotopic (exact) mass is 262 g/mol. The van der Waals surface area contributed by atoms with E-state index in [4.69, 9.17) is 4.74 Å². The van der Waals surface area contributed by atoms with Crippen molar-refractivity contribution in [1.82, 2.24) is 10.3 Å². The van der Waals surface area contributed by atoms with Gasteiger partial charge in [0.1, 0.15) is 17.4 Å². The van der Waals surface area contributed by atoms with Gasteiger partial charge in [-0.3, -0.25) is 0 Å². The summed E-state index contributed by atoms with van der Waals surface area (Å²) in [5.41, 5.74) is 2.27. The van der Waals surface area contributed by atoms with Crippen molar-refractivity contribution in [2.24, 2.45) is 0 Å². The molecule has 0 bridgehead atoms. The molecule has 18 heavy (non-hydrogen) atoms. The number of benzene rings is 1. The first-order chi connectivity index (χ1) is 8.70. The van der Waals surface area contributed by atoms with Crippen LogP contribution in [0.3, 0.4) is 0 Å². The van der Waals surface area contributed by atoms with Gasteiger partial charge in [-0.25, -0.2) is 4.98 Å². The summed E-state index contributed by atoms with van der Waals surface area (Å²) in [6.45, 7) is 5.47. The Morgan fingerprint density at radius 3 is 2.72 bits per heavy atom. The van der Waals surface area contributed by atoms with E-state index in [0.29, 0.717) is 6.61 Å². The predicted molar refractivity (Wildman–Crippen MR) is 75.1 cm³/mol. The van der Waals surface area contributed by atoms with Crippen LogP contribution in [-0.4, -0.2) is 12.0 Å². The molecule has 0 atom stereocenters. The predicted octanol–water partition coefficient (Wildman–Crippen LogP) is 3.06. The summed E-state index contributed by atoms with van der Waals surface area (Å²) in [6, 6.07) is 8.09. The van der Waals surface area contributed by atoms with Gasteiger partial charge in [0.25, 0.3) is 0 Å². The standard InChI is InChI=1S/C14H18N2OS/c1-10-11(2)18-14(16-10)9-17-13-7-5-4-6-12(13)8-15-3/h4-7,15H,8-9H2,1-3H3. The SMILES string of the molecule is CNCc1ccccc1OCc1nc(C)c(C)s1. The molecule has 0 aliphatic heterocycles. The highest BCUT2D eigenvalue weighted by Crippen LogP contribution is 2.21. The average molecular weight is 262 g/mol. The molecule has 2 rings (SSSR count). The lowest BCUT2D eigenvalue weighted by Crippen LogP contribution is -2.07. The Balaban J connectivity index is 2.05. The molecule has 1 aromatic carbocycles. The summed E-state index contributed by atoms with van der Waals surface area (Å²) in [4.78, 5) is 5.74. The maximum Gasteiger partial charge on any atom is 0.140 e. The molecular formula is C14H18N2OS. The van der Waals surface area contributed by atoms with Crippen molar-refractivity contribution >= 4 is 11.3 Å². The van der Waals surface area contributed by atoms with Crippen LogP contribution in [0.5, 0.6) is 5.75 Å². The molecule has 0 saturated carbocycles. The number of hydrogen-bond donors (Lipinski definition) is 1. The highest BCUT2D eigenvalue weighted by Gasteiger charge is 2.06. The number of nitrogens with one attached hydrogen (secondary N) is 1. The van der Waals surface area contributed by atoms with Gasteiger partial charge >= 0.3 is 0 Å². The summed E-state index contributed by atoms with van der Waals surface area (Å²) < 4.78 is 5.85. The third-order valence-electron chi connectivity index (χ3n) is 2.76. The number of para-hydroxylation sites is 1. The van der Waals surface area contributed by atoms with Crippen LogP contribution in [-0.2, 0) is 13.2 Å². The van der Waals surface area contributed by atoms with Gasteiger partial charge in [-0.2, -0.15) is 0 Å². The summed E-state index contributed by atoms with van der Waals surface area (Å²) in [5.74, 6) is 0.928. The molecule has 0 saturated heterocycles. The lowest BCUT2D eigenvalue weighted by Gasteiger charge is -2.09. The fraction of sp³-hybridized carbons (Fsp3) is 0.357. The quantitative estimate of drug-likeness (QED) is 0.899. The summed E-state index contributed by atoms with van der Waals surface area (Å²) in [6.07, 6.45) is 0. The third kappa shape index (κ3) is 3.09. The Morgan fingerprint density at radius 1 is 1.28 bits per heavy atom. The molecule has 1 N–H and O–H groups in total. The second kappa shape index (κ2) is 5.98. The molecule has 4 heteroatoms. The topological polar surface area (TPSA) is 34.1 Å². The van der Waals surface area contributed by atoms with Gasteiger partial charge in [0.05, 0.1) is 5.69 Å². The Kier molecular flexibility index (Phi) is 4.33. The van der Waals surface area contributed by atoms with E-state index in [2.05, 4.69) is 23.3 Å². The van der Waals surface area contributed by atoms with E-state index in [1.807, 2.05) is 32.2 Å². The number of rotatable bonds is 5. The van der Waals surface area contributed by atoms with E-state index in [1.54, 1.807) is 11.3 Å². The average Bonchev–Trinajstić information content (AvgIpc) is 2.68. The van der Waals surface area contributed by atoms with Crippen molar-refractivity contribution in [2.75, 3.05) is 7.05 Å². The lowest BCUT2D eigenvalue weighted by molar-refractivity contribution is 0.301. The highest BCUT2D eigenvalue weighted by molar-refractivity contribution is 7.11. The number of hydrogen-bond acceptors (Lipinski definition) is 4. The van der Waals surface area contributed by atoms with Gasteiger partial charge < -0.3 is 10.1 Å². The molecule has 2 aromatic rings. The minimum atomic E-state index is 0.542. The first-order valence-electron chi connectivity index (χ1n) is 5.99. The fourth-order valence-corrected chi connectivity index (χ4v) is 2.57. The van der Waals surface area contributed by atoms with E-state index in [9.17, 15) is 0 Å². The van der Waals surface area contributed by atoms with E-state index in [1.165, 1.54) is 10.4 Å². The normalized spacial score (nSPS) is 10.6. The van der Waals surface area contributed by atoms with Crippen molar-refractivity contribution in [2.45, 2.75) is 27.0 Å². The smallest absolute Gasteiger partial charge is 0.140 e. The summed E-state index contributed by atoms with van der Waals surface area (Å²) >= 11 is 1.70. The van der Waals surface area contributed by atoms with Crippen LogP contribution in [0, 0.1) is 13.8 Å². The highest BCUT2D eigenvalue weighted by atomic mass is 32.1. The van der Waals surface area contributed by atoms with Crippen LogP contribution in [0.2, 0.25) is 0 Å². The Morgan fingerprint density at radius 2 is 2.06 bits per heavy atom. The van der Waals surface area contributed by atoms with Crippen LogP contribution in [0.1, 0.15) is 21.1 Å². The Bertz CT molecular complexity index is 503. The van der Waals surface area contributed by atoms with Crippen LogP contribution in [0.25, 0.3) is 0 Å². The van der Waals surface area contributed by atoms with E-state index in [0.717, 1.165) is 23.0 Å². The number of thiazole rings is 1. The zero-order valence-electron chi connectivity index (χ0n) is 11.0. The second-order valence-electron chi connectivity index (χ2n) is 4.18. The van der Waals surface area contributed by atoms with E-state index < -0.39 is 0 Å². The molecule has 0 radical (unpaired) electrons. The lowest BCUT2D eigenvalue weighted by atomic mass is 10.2. The minimum absolute atomic E-state index is 0.542. The van der Waals surface area contributed by atoms with Crippen LogP contribution >= 0.6 is 11.3 Å². The van der Waals surface area contributed by atoms with E-state index in [-0.39, 0.29) is 0 Å². The summed E-state index contributed by atoms with van der Waals surface area (Å²) in [7, 11) is 1.93. The van der Waals surface area contributed by atoms with Gasteiger partial charge in [0, 0.05) is 17.0 Å². The largest absolute Gasteiger partial charge is 0.486 e. The molecular weight excluding hydrogens is 244 g/mol. The first-order valence-corrected chi connectivity index (χ1v) is 6.80. The van der Waals surface area contributed by atoms with Crippen molar-refractivity contribution in [3.63, 3.8) is 0 Å². The third-order valence-corrected chi connectivity index (χ3v) is 3.81.